The number of thioether (sulfide) groups is 1. The first-order valence-electron chi connectivity index (χ1n) is 4.23. The van der Waals surface area contributed by atoms with Gasteiger partial charge in [-0.05, 0) is 20.8 Å². The van der Waals surface area contributed by atoms with Crippen molar-refractivity contribution >= 4 is 11.8 Å². The summed E-state index contributed by atoms with van der Waals surface area (Å²) in [7, 11) is 1.99. The first-order chi connectivity index (χ1) is 6.11. The molecular weight excluding hydrogens is 182 g/mol. The second-order valence-electron chi connectivity index (χ2n) is 3.18. The minimum atomic E-state index is 0.958. The van der Waals surface area contributed by atoms with Crippen LogP contribution in [0.1, 0.15) is 19.7 Å². The van der Waals surface area contributed by atoms with Crippen LogP contribution in [0.5, 0.6) is 0 Å². The molecule has 0 spiro atoms. The van der Waals surface area contributed by atoms with E-state index in [2.05, 4.69) is 30.1 Å². The van der Waals surface area contributed by atoms with E-state index in [1.807, 2.05) is 18.5 Å². The van der Waals surface area contributed by atoms with E-state index in [1.165, 1.54) is 5.57 Å². The van der Waals surface area contributed by atoms with Gasteiger partial charge in [-0.1, -0.05) is 23.4 Å². The van der Waals surface area contributed by atoms with E-state index in [4.69, 9.17) is 0 Å². The Bertz CT molecular complexity index is 311. The fourth-order valence-corrected chi connectivity index (χ4v) is 1.79. The number of rotatable bonds is 3. The second kappa shape index (κ2) is 4.46. The van der Waals surface area contributed by atoms with E-state index in [0.29, 0.717) is 0 Å². The van der Waals surface area contributed by atoms with Gasteiger partial charge in [0.05, 0.1) is 0 Å². The molecule has 0 atom stereocenters. The Kier molecular flexibility index (Phi) is 3.54. The van der Waals surface area contributed by atoms with E-state index in [1.54, 1.807) is 11.8 Å². The van der Waals surface area contributed by atoms with Gasteiger partial charge in [-0.2, -0.15) is 0 Å². The molecule has 0 fully saturated rings. The van der Waals surface area contributed by atoms with Crippen molar-refractivity contribution in [1.29, 1.82) is 0 Å². The predicted molar refractivity (Wildman–Crippen MR) is 55.9 cm³/mol. The molecule has 0 radical (unpaired) electrons. The van der Waals surface area contributed by atoms with E-state index in [0.717, 1.165) is 16.7 Å². The number of nitrogens with zero attached hydrogens (tertiary/aromatic N) is 3. The number of hydrogen-bond donors (Lipinski definition) is 0. The maximum Gasteiger partial charge on any atom is 0.191 e. The van der Waals surface area contributed by atoms with Crippen LogP contribution in [0.4, 0.5) is 0 Å². The van der Waals surface area contributed by atoms with Crippen LogP contribution in [-0.4, -0.2) is 20.5 Å². The molecule has 3 nitrogen and oxygen atoms in total. The molecule has 0 aliphatic carbocycles. The first kappa shape index (κ1) is 10.3. The minimum absolute atomic E-state index is 0.958. The quantitative estimate of drug-likeness (QED) is 0.549. The van der Waals surface area contributed by atoms with Crippen molar-refractivity contribution in [2.75, 3.05) is 5.75 Å². The summed E-state index contributed by atoms with van der Waals surface area (Å²) in [5.41, 5.74) is 1.34. The highest BCUT2D eigenvalue weighted by atomic mass is 32.2. The Morgan fingerprint density at radius 3 is 2.62 bits per heavy atom. The van der Waals surface area contributed by atoms with Gasteiger partial charge in [0.1, 0.15) is 5.82 Å². The summed E-state index contributed by atoms with van der Waals surface area (Å²) >= 11 is 1.71. The third-order valence-corrected chi connectivity index (χ3v) is 2.70. The molecule has 4 heteroatoms. The summed E-state index contributed by atoms with van der Waals surface area (Å²) in [4.78, 5) is 0. The lowest BCUT2D eigenvalue weighted by Gasteiger charge is -1.98. The zero-order chi connectivity index (χ0) is 9.84. The summed E-state index contributed by atoms with van der Waals surface area (Å²) in [5, 5.41) is 9.03. The zero-order valence-electron chi connectivity index (χ0n) is 8.53. The lowest BCUT2D eigenvalue weighted by molar-refractivity contribution is 0.766. The molecule has 0 aromatic carbocycles. The van der Waals surface area contributed by atoms with E-state index in [9.17, 15) is 0 Å². The number of allylic oxidation sites excluding steroid dienone is 1. The van der Waals surface area contributed by atoms with E-state index in [-0.39, 0.29) is 0 Å². The van der Waals surface area contributed by atoms with Crippen molar-refractivity contribution in [1.82, 2.24) is 14.8 Å². The van der Waals surface area contributed by atoms with E-state index >= 15 is 0 Å². The van der Waals surface area contributed by atoms with Crippen LogP contribution < -0.4 is 0 Å². The summed E-state index contributed by atoms with van der Waals surface area (Å²) in [6.07, 6.45) is 2.19. The van der Waals surface area contributed by atoms with Gasteiger partial charge in [0, 0.05) is 12.8 Å². The van der Waals surface area contributed by atoms with E-state index < -0.39 is 0 Å². The molecule has 13 heavy (non-hydrogen) atoms. The third-order valence-electron chi connectivity index (χ3n) is 1.76. The largest absolute Gasteiger partial charge is 0.309 e. The highest BCUT2D eigenvalue weighted by molar-refractivity contribution is 7.99. The Balaban J connectivity index is 2.55. The summed E-state index contributed by atoms with van der Waals surface area (Å²) < 4.78 is 2.00. The molecule has 1 aromatic heterocycles. The molecule has 0 saturated heterocycles. The summed E-state index contributed by atoms with van der Waals surface area (Å²) in [6.45, 7) is 6.16. The van der Waals surface area contributed by atoms with Gasteiger partial charge < -0.3 is 4.57 Å². The smallest absolute Gasteiger partial charge is 0.191 e. The third kappa shape index (κ3) is 2.88. The van der Waals surface area contributed by atoms with Gasteiger partial charge in [-0.25, -0.2) is 0 Å². The second-order valence-corrected chi connectivity index (χ2v) is 4.17. The molecule has 0 saturated carbocycles. The topological polar surface area (TPSA) is 30.7 Å². The van der Waals surface area contributed by atoms with Gasteiger partial charge in [0.25, 0.3) is 0 Å². The SMILES string of the molecule is CC(C)=CCSc1nnc(C)n1C. The summed E-state index contributed by atoms with van der Waals surface area (Å²) in [5.74, 6) is 1.92. The van der Waals surface area contributed by atoms with Crippen molar-refractivity contribution in [3.8, 4) is 0 Å². The normalized spacial score (nSPS) is 10.2. The van der Waals surface area contributed by atoms with Crippen LogP contribution in [0.25, 0.3) is 0 Å². The lowest BCUT2D eigenvalue weighted by Crippen LogP contribution is -1.93. The molecule has 1 aromatic rings. The first-order valence-corrected chi connectivity index (χ1v) is 5.22. The molecule has 0 aliphatic heterocycles. The van der Waals surface area contributed by atoms with Crippen molar-refractivity contribution in [3.63, 3.8) is 0 Å². The van der Waals surface area contributed by atoms with Crippen LogP contribution in [0.3, 0.4) is 0 Å². The van der Waals surface area contributed by atoms with Gasteiger partial charge in [0.2, 0.25) is 0 Å². The standard InChI is InChI=1S/C9H15N3S/c1-7(2)5-6-13-9-11-10-8(3)12(9)4/h5H,6H2,1-4H3. The molecule has 0 amide bonds. The fraction of sp³-hybridized carbons (Fsp3) is 0.556. The van der Waals surface area contributed by atoms with Crippen LogP contribution in [0.15, 0.2) is 16.8 Å². The van der Waals surface area contributed by atoms with Crippen LogP contribution in [0.2, 0.25) is 0 Å². The van der Waals surface area contributed by atoms with Crippen molar-refractivity contribution < 1.29 is 0 Å². The van der Waals surface area contributed by atoms with Crippen molar-refractivity contribution in [2.45, 2.75) is 25.9 Å². The highest BCUT2D eigenvalue weighted by Gasteiger charge is 2.03. The average Bonchev–Trinajstić information content (AvgIpc) is 2.35. The highest BCUT2D eigenvalue weighted by Crippen LogP contribution is 2.15. The molecule has 0 N–H and O–H groups in total. The molecule has 0 bridgehead atoms. The van der Waals surface area contributed by atoms with Crippen LogP contribution >= 0.6 is 11.8 Å². The van der Waals surface area contributed by atoms with Gasteiger partial charge in [-0.3, -0.25) is 0 Å². The molecule has 0 aliphatic rings. The minimum Gasteiger partial charge on any atom is -0.309 e. The average molecular weight is 197 g/mol. The Morgan fingerprint density at radius 2 is 2.15 bits per heavy atom. The fourth-order valence-electron chi connectivity index (χ4n) is 0.796. The molecule has 0 unspecified atom stereocenters. The van der Waals surface area contributed by atoms with Gasteiger partial charge in [0.15, 0.2) is 5.16 Å². The zero-order valence-corrected chi connectivity index (χ0v) is 9.35. The van der Waals surface area contributed by atoms with Crippen molar-refractivity contribution in [3.05, 3.63) is 17.5 Å². The van der Waals surface area contributed by atoms with Crippen LogP contribution in [-0.2, 0) is 7.05 Å². The monoisotopic (exact) mass is 197 g/mol. The van der Waals surface area contributed by atoms with Crippen LogP contribution in [0, 0.1) is 6.92 Å². The predicted octanol–water partition coefficient (Wildman–Crippen LogP) is 2.18. The molecule has 1 heterocycles. The molecule has 72 valence electrons. The lowest BCUT2D eigenvalue weighted by atomic mass is 10.3. The van der Waals surface area contributed by atoms with Gasteiger partial charge in [-0.15, -0.1) is 10.2 Å². The Morgan fingerprint density at radius 1 is 1.46 bits per heavy atom. The maximum absolute atomic E-state index is 4.06. The van der Waals surface area contributed by atoms with Crippen molar-refractivity contribution in [2.24, 2.45) is 7.05 Å². The molecule has 1 rings (SSSR count). The summed E-state index contributed by atoms with van der Waals surface area (Å²) in [6, 6.07) is 0. The molecular formula is C9H15N3S. The van der Waals surface area contributed by atoms with Gasteiger partial charge >= 0.3 is 0 Å². The number of hydrogen-bond acceptors (Lipinski definition) is 3. The number of aromatic nitrogens is 3. The Labute approximate surface area is 83.2 Å². The Hall–Kier alpha value is -0.770. The maximum atomic E-state index is 4.06. The number of aryl methyl sites for hydroxylation is 1.